The van der Waals surface area contributed by atoms with Crippen molar-refractivity contribution in [2.75, 3.05) is 23.8 Å². The maximum absolute atomic E-state index is 12.9. The maximum Gasteiger partial charge on any atom is 0.451 e. The Morgan fingerprint density at radius 3 is 2.57 bits per heavy atom. The minimum atomic E-state index is -4.58. The van der Waals surface area contributed by atoms with Crippen LogP contribution in [0, 0.1) is 0 Å². The summed E-state index contributed by atoms with van der Waals surface area (Å²) in [5.41, 5.74) is -0.444. The molecule has 21 heavy (non-hydrogen) atoms. The zero-order chi connectivity index (χ0) is 15.7. The van der Waals surface area contributed by atoms with Gasteiger partial charge in [-0.2, -0.15) is 13.2 Å². The lowest BCUT2D eigenvalue weighted by atomic mass is 9.95. The first-order valence-corrected chi connectivity index (χ1v) is 6.84. The zero-order valence-electron chi connectivity index (χ0n) is 12.2. The second kappa shape index (κ2) is 5.67. The first kappa shape index (κ1) is 15.8. The van der Waals surface area contributed by atoms with Gasteiger partial charge in [0.05, 0.1) is 11.6 Å². The van der Waals surface area contributed by atoms with E-state index in [4.69, 9.17) is 4.74 Å². The highest BCUT2D eigenvalue weighted by molar-refractivity contribution is 5.49. The molecule has 0 aromatic carbocycles. The van der Waals surface area contributed by atoms with Crippen molar-refractivity contribution in [3.8, 4) is 0 Å². The summed E-state index contributed by atoms with van der Waals surface area (Å²) in [6.07, 6.45) is -3.99. The maximum atomic E-state index is 12.9. The molecule has 1 aromatic heterocycles. The third-order valence-electron chi connectivity index (χ3n) is 3.64. The Hall–Kier alpha value is -1.57. The summed E-state index contributed by atoms with van der Waals surface area (Å²) in [7, 11) is 0. The van der Waals surface area contributed by atoms with E-state index in [1.165, 1.54) is 6.07 Å². The smallest absolute Gasteiger partial charge is 0.376 e. The Morgan fingerprint density at radius 2 is 2.05 bits per heavy atom. The fourth-order valence-electron chi connectivity index (χ4n) is 2.20. The second-order valence-electron chi connectivity index (χ2n) is 5.30. The highest BCUT2D eigenvalue weighted by Crippen LogP contribution is 2.32. The van der Waals surface area contributed by atoms with Crippen molar-refractivity contribution in [2.24, 2.45) is 0 Å². The van der Waals surface area contributed by atoms with Crippen molar-refractivity contribution in [3.05, 3.63) is 11.9 Å². The van der Waals surface area contributed by atoms with Gasteiger partial charge in [0, 0.05) is 19.2 Å². The van der Waals surface area contributed by atoms with Crippen molar-refractivity contribution < 1.29 is 17.9 Å². The summed E-state index contributed by atoms with van der Waals surface area (Å²) in [6.45, 7) is 6.63. The molecule has 0 saturated carbocycles. The number of rotatable bonds is 4. The number of anilines is 2. The Kier molecular flexibility index (Phi) is 4.27. The van der Waals surface area contributed by atoms with Crippen molar-refractivity contribution in [3.63, 3.8) is 0 Å². The van der Waals surface area contributed by atoms with Crippen LogP contribution in [0.2, 0.25) is 0 Å². The van der Waals surface area contributed by atoms with Crippen LogP contribution in [0.1, 0.15) is 33.0 Å². The Morgan fingerprint density at radius 1 is 1.38 bits per heavy atom. The van der Waals surface area contributed by atoms with Crippen molar-refractivity contribution in [1.82, 2.24) is 9.97 Å². The van der Waals surface area contributed by atoms with E-state index in [0.29, 0.717) is 19.6 Å². The average molecular weight is 304 g/mol. The molecule has 118 valence electrons. The number of ether oxygens (including phenoxy) is 1. The van der Waals surface area contributed by atoms with Gasteiger partial charge in [0.15, 0.2) is 0 Å². The van der Waals surface area contributed by atoms with Gasteiger partial charge < -0.3 is 15.4 Å². The number of hydrogen-bond donors (Lipinski definition) is 2. The van der Waals surface area contributed by atoms with Crippen LogP contribution < -0.4 is 10.6 Å². The highest BCUT2D eigenvalue weighted by atomic mass is 19.4. The summed E-state index contributed by atoms with van der Waals surface area (Å²) in [6, 6.07) is 1.48. The minimum absolute atomic E-state index is 0.107. The average Bonchev–Trinajstić information content (AvgIpc) is 2.68. The Labute approximate surface area is 121 Å². The first-order chi connectivity index (χ1) is 9.74. The molecule has 0 amide bonds. The molecule has 0 spiro atoms. The van der Waals surface area contributed by atoms with E-state index in [2.05, 4.69) is 20.6 Å². The summed E-state index contributed by atoms with van der Waals surface area (Å²) >= 11 is 0. The number of nitrogens with one attached hydrogen (secondary N) is 2. The summed E-state index contributed by atoms with van der Waals surface area (Å²) in [4.78, 5) is 7.08. The number of hydrogen-bond acceptors (Lipinski definition) is 5. The molecule has 0 radical (unpaired) electrons. The molecule has 2 N–H and O–H groups in total. The molecule has 2 unspecified atom stereocenters. The van der Waals surface area contributed by atoms with Crippen LogP contribution in [0.5, 0.6) is 0 Å². The molecule has 1 aromatic rings. The summed E-state index contributed by atoms with van der Waals surface area (Å²) < 4.78 is 44.1. The zero-order valence-corrected chi connectivity index (χ0v) is 12.2. The highest BCUT2D eigenvalue weighted by Gasteiger charge is 2.39. The first-order valence-electron chi connectivity index (χ1n) is 6.84. The predicted octanol–water partition coefficient (Wildman–Crippen LogP) is 2.91. The summed E-state index contributed by atoms with van der Waals surface area (Å²) in [5.74, 6) is -0.857. The lowest BCUT2D eigenvalue weighted by molar-refractivity contribution is -0.144. The van der Waals surface area contributed by atoms with Crippen LogP contribution in [-0.2, 0) is 10.9 Å². The van der Waals surface area contributed by atoms with Gasteiger partial charge in [0.1, 0.15) is 11.6 Å². The largest absolute Gasteiger partial charge is 0.451 e. The van der Waals surface area contributed by atoms with Crippen LogP contribution >= 0.6 is 0 Å². The van der Waals surface area contributed by atoms with E-state index in [0.717, 1.165) is 0 Å². The van der Waals surface area contributed by atoms with Gasteiger partial charge >= 0.3 is 6.18 Å². The molecule has 2 rings (SSSR count). The van der Waals surface area contributed by atoms with Gasteiger partial charge in [0.25, 0.3) is 0 Å². The van der Waals surface area contributed by atoms with Crippen LogP contribution in [0.15, 0.2) is 6.07 Å². The van der Waals surface area contributed by atoms with Gasteiger partial charge in [-0.15, -0.1) is 0 Å². The molecular formula is C13H19F3N4O. The quantitative estimate of drug-likeness (QED) is 0.895. The Balaban J connectivity index is 2.32. The normalized spacial score (nSPS) is 25.9. The standard InChI is InChI=1S/C13H19F3N4O/c1-4-17-9-7-10(19-11(18-9)13(14,15)16)20-12(3)5-6-21-8(12)2/h7-8H,4-6H2,1-3H3,(H2,17,18,19,20). The number of nitrogens with zero attached hydrogens (tertiary/aromatic N) is 2. The van der Waals surface area contributed by atoms with E-state index in [1.807, 2.05) is 13.8 Å². The van der Waals surface area contributed by atoms with Gasteiger partial charge in [-0.1, -0.05) is 0 Å². The minimum Gasteiger partial charge on any atom is -0.376 e. The van der Waals surface area contributed by atoms with Gasteiger partial charge in [0.2, 0.25) is 5.82 Å². The molecule has 1 saturated heterocycles. The van der Waals surface area contributed by atoms with Crippen LogP contribution in [0.3, 0.4) is 0 Å². The van der Waals surface area contributed by atoms with E-state index in [-0.39, 0.29) is 17.7 Å². The number of halogens is 3. The van der Waals surface area contributed by atoms with Crippen molar-refractivity contribution in [2.45, 2.75) is 45.0 Å². The summed E-state index contributed by atoms with van der Waals surface area (Å²) in [5, 5.41) is 5.85. The van der Waals surface area contributed by atoms with Crippen LogP contribution in [-0.4, -0.2) is 34.8 Å². The lowest BCUT2D eigenvalue weighted by Crippen LogP contribution is -2.41. The lowest BCUT2D eigenvalue weighted by Gasteiger charge is -2.29. The van der Waals surface area contributed by atoms with Crippen LogP contribution in [0.4, 0.5) is 24.8 Å². The Bertz CT molecular complexity index is 509. The molecule has 8 heteroatoms. The second-order valence-corrected chi connectivity index (χ2v) is 5.30. The van der Waals surface area contributed by atoms with E-state index < -0.39 is 17.5 Å². The van der Waals surface area contributed by atoms with Crippen LogP contribution in [0.25, 0.3) is 0 Å². The fourth-order valence-corrected chi connectivity index (χ4v) is 2.20. The molecular weight excluding hydrogens is 285 g/mol. The van der Waals surface area contributed by atoms with Gasteiger partial charge in [-0.25, -0.2) is 9.97 Å². The molecule has 1 aliphatic heterocycles. The van der Waals surface area contributed by atoms with Crippen molar-refractivity contribution in [1.29, 1.82) is 0 Å². The van der Waals surface area contributed by atoms with E-state index in [1.54, 1.807) is 6.92 Å². The molecule has 1 aliphatic rings. The van der Waals surface area contributed by atoms with Crippen molar-refractivity contribution >= 4 is 11.6 Å². The number of aromatic nitrogens is 2. The monoisotopic (exact) mass is 304 g/mol. The SMILES string of the molecule is CCNc1cc(NC2(C)CCOC2C)nc(C(F)(F)F)n1. The predicted molar refractivity (Wildman–Crippen MR) is 73.3 cm³/mol. The molecule has 2 atom stereocenters. The fraction of sp³-hybridized carbons (Fsp3) is 0.692. The van der Waals surface area contributed by atoms with E-state index >= 15 is 0 Å². The molecule has 1 fully saturated rings. The van der Waals surface area contributed by atoms with Gasteiger partial charge in [-0.3, -0.25) is 0 Å². The third kappa shape index (κ3) is 3.55. The topological polar surface area (TPSA) is 59.1 Å². The molecule has 0 aliphatic carbocycles. The molecule has 0 bridgehead atoms. The molecule has 5 nitrogen and oxygen atoms in total. The molecule has 2 heterocycles. The number of alkyl halides is 3. The van der Waals surface area contributed by atoms with Gasteiger partial charge in [-0.05, 0) is 27.2 Å². The third-order valence-corrected chi connectivity index (χ3v) is 3.64. The van der Waals surface area contributed by atoms with E-state index in [9.17, 15) is 13.2 Å².